The molecule has 0 aliphatic heterocycles. The van der Waals surface area contributed by atoms with E-state index in [0.29, 0.717) is 12.3 Å². The Bertz CT molecular complexity index is 696. The molecule has 1 aliphatic rings. The summed E-state index contributed by atoms with van der Waals surface area (Å²) >= 11 is 1.51. The quantitative estimate of drug-likeness (QED) is 0.762. The van der Waals surface area contributed by atoms with Gasteiger partial charge >= 0.3 is 5.97 Å². The van der Waals surface area contributed by atoms with Crippen LogP contribution in [-0.2, 0) is 11.3 Å². The summed E-state index contributed by atoms with van der Waals surface area (Å²) in [7, 11) is 0. The number of benzene rings is 1. The second kappa shape index (κ2) is 8.54. The molecule has 2 aromatic rings. The van der Waals surface area contributed by atoms with E-state index in [1.54, 1.807) is 0 Å². The number of hydrogen-bond acceptors (Lipinski definition) is 4. The maximum Gasteiger partial charge on any atom is 0.321 e. The van der Waals surface area contributed by atoms with E-state index >= 15 is 0 Å². The van der Waals surface area contributed by atoms with Gasteiger partial charge in [0.15, 0.2) is 0 Å². The fourth-order valence-corrected chi connectivity index (χ4v) is 3.24. The smallest absolute Gasteiger partial charge is 0.321 e. The summed E-state index contributed by atoms with van der Waals surface area (Å²) in [5.74, 6) is 0.719. The number of nitrogens with zero attached hydrogens (tertiary/aromatic N) is 2. The van der Waals surface area contributed by atoms with Crippen LogP contribution in [0.4, 0.5) is 0 Å². The van der Waals surface area contributed by atoms with Crippen molar-refractivity contribution in [2.24, 2.45) is 0 Å². The Balaban J connectivity index is 1.83. The van der Waals surface area contributed by atoms with Crippen molar-refractivity contribution in [1.29, 1.82) is 0 Å². The molecular weight excluding hydrogens is 334 g/mol. The van der Waals surface area contributed by atoms with Gasteiger partial charge in [-0.2, -0.15) is 16.9 Å². The van der Waals surface area contributed by atoms with Crippen LogP contribution in [-0.4, -0.2) is 38.9 Å². The van der Waals surface area contributed by atoms with Gasteiger partial charge in [0.25, 0.3) is 0 Å². The molecule has 1 heterocycles. The molecule has 0 unspecified atom stereocenters. The molecule has 1 aromatic heterocycles. The van der Waals surface area contributed by atoms with Crippen LogP contribution in [0, 0.1) is 31.6 Å². The molecule has 1 aromatic carbocycles. The van der Waals surface area contributed by atoms with Gasteiger partial charge in [0.05, 0.1) is 11.4 Å². The lowest BCUT2D eigenvalue weighted by molar-refractivity contribution is -0.138. The number of carbonyl (C=O) groups is 1. The zero-order chi connectivity index (χ0) is 17.6. The highest BCUT2D eigenvalue weighted by Gasteiger charge is 2.26. The number of nitrogens with one attached hydrogen (secondary N) is 1. The predicted molar refractivity (Wildman–Crippen MR) is 99.8 cm³/mol. The Morgan fingerprint density at radius 1 is 1.28 bits per heavy atom. The van der Waals surface area contributed by atoms with Gasteiger partial charge in [-0.05, 0) is 44.1 Å². The van der Waals surface area contributed by atoms with Gasteiger partial charge in [-0.1, -0.05) is 18.2 Å². The minimum Gasteiger partial charge on any atom is -0.480 e. The van der Waals surface area contributed by atoms with Crippen LogP contribution >= 0.6 is 11.8 Å². The average molecular weight is 354 g/mol. The van der Waals surface area contributed by atoms with Crippen molar-refractivity contribution in [2.75, 3.05) is 12.0 Å². The first-order chi connectivity index (χ1) is 12.2. The largest absolute Gasteiger partial charge is 0.480 e. The number of para-hydroxylation sites is 1. The van der Waals surface area contributed by atoms with Crippen LogP contribution in [0.25, 0.3) is 5.69 Å². The molecule has 1 atom stereocenters. The lowest BCUT2D eigenvalue weighted by Gasteiger charge is -2.14. The minimum atomic E-state index is -0.834. The zero-order valence-electron chi connectivity index (χ0n) is 13.9. The van der Waals surface area contributed by atoms with Crippen LogP contribution in [0.3, 0.4) is 0 Å². The second-order valence-electron chi connectivity index (χ2n) is 5.68. The van der Waals surface area contributed by atoms with E-state index in [0.717, 1.165) is 22.9 Å². The zero-order valence-corrected chi connectivity index (χ0v) is 14.7. The second-order valence-corrected chi connectivity index (χ2v) is 6.59. The standard InChI is InChI=1S/C19H20N3O2S/c1-25-13-17(19(23)24)20-11-15-12-22(16-9-3-2-4-10-16)21-18(15)14-7-5-6-8-14/h2-10,12,17,20H,11,13H2,1H3,(H,23,24)/t17-/m0/s1. The summed E-state index contributed by atoms with van der Waals surface area (Å²) < 4.78 is 1.84. The van der Waals surface area contributed by atoms with Gasteiger partial charge in [-0.25, -0.2) is 4.68 Å². The van der Waals surface area contributed by atoms with Crippen LogP contribution in [0.15, 0.2) is 36.5 Å². The van der Waals surface area contributed by atoms with Crippen LogP contribution < -0.4 is 5.32 Å². The fraction of sp³-hybridized carbons (Fsp3) is 0.211. The Morgan fingerprint density at radius 3 is 2.64 bits per heavy atom. The number of carboxylic acids is 1. The van der Waals surface area contributed by atoms with Crippen molar-refractivity contribution in [2.45, 2.75) is 12.6 Å². The van der Waals surface area contributed by atoms with Crippen LogP contribution in [0.2, 0.25) is 0 Å². The van der Waals surface area contributed by atoms with E-state index in [4.69, 9.17) is 5.10 Å². The molecule has 5 nitrogen and oxygen atoms in total. The molecule has 0 spiro atoms. The Morgan fingerprint density at radius 2 is 2.00 bits per heavy atom. The topological polar surface area (TPSA) is 67.2 Å². The molecule has 0 bridgehead atoms. The number of aromatic nitrogens is 2. The fourth-order valence-electron chi connectivity index (χ4n) is 2.64. The minimum absolute atomic E-state index is 0.449. The predicted octanol–water partition coefficient (Wildman–Crippen LogP) is 2.53. The third-order valence-electron chi connectivity index (χ3n) is 3.92. The summed E-state index contributed by atoms with van der Waals surface area (Å²) in [6, 6.07) is 9.31. The average Bonchev–Trinajstić information content (AvgIpc) is 3.28. The third-order valence-corrected chi connectivity index (χ3v) is 4.58. The number of hydrogen-bond donors (Lipinski definition) is 2. The highest BCUT2D eigenvalue weighted by atomic mass is 32.2. The van der Waals surface area contributed by atoms with Gasteiger partial charge in [0.2, 0.25) is 0 Å². The maximum atomic E-state index is 11.4. The number of aliphatic carboxylic acids is 1. The number of thioether (sulfide) groups is 1. The maximum absolute atomic E-state index is 11.4. The monoisotopic (exact) mass is 354 g/mol. The Hall–Kier alpha value is -1.79. The van der Waals surface area contributed by atoms with Gasteiger partial charge < -0.3 is 5.11 Å². The van der Waals surface area contributed by atoms with Crippen molar-refractivity contribution in [3.8, 4) is 5.69 Å². The van der Waals surface area contributed by atoms with Crippen LogP contribution in [0.1, 0.15) is 11.3 Å². The Kier molecular flexibility index (Phi) is 6.15. The number of rotatable bonds is 8. The van der Waals surface area contributed by atoms with Crippen molar-refractivity contribution in [1.82, 2.24) is 15.1 Å². The molecule has 0 saturated heterocycles. The molecule has 25 heavy (non-hydrogen) atoms. The summed E-state index contributed by atoms with van der Waals surface area (Å²) in [6.07, 6.45) is 11.8. The Labute approximate surface area is 152 Å². The van der Waals surface area contributed by atoms with Gasteiger partial charge in [0, 0.05) is 30.0 Å². The van der Waals surface area contributed by atoms with E-state index in [1.165, 1.54) is 11.8 Å². The third kappa shape index (κ3) is 4.44. The molecule has 0 amide bonds. The van der Waals surface area contributed by atoms with E-state index < -0.39 is 12.0 Å². The van der Waals surface area contributed by atoms with Crippen molar-refractivity contribution in [3.63, 3.8) is 0 Å². The molecule has 1 fully saturated rings. The van der Waals surface area contributed by atoms with Gasteiger partial charge in [-0.3, -0.25) is 10.1 Å². The molecule has 6 heteroatoms. The van der Waals surface area contributed by atoms with Gasteiger partial charge in [0.1, 0.15) is 6.04 Å². The molecule has 3 rings (SSSR count). The first kappa shape index (κ1) is 18.0. The SMILES string of the molecule is CSC[C@H](NCc1cn(-c2ccccc2)nc1[C]1[CH][CH][CH][CH]1)C(=O)O. The van der Waals surface area contributed by atoms with E-state index in [2.05, 4.69) is 5.32 Å². The molecule has 1 aliphatic carbocycles. The highest BCUT2D eigenvalue weighted by Crippen LogP contribution is 2.31. The van der Waals surface area contributed by atoms with E-state index in [1.807, 2.05) is 73.1 Å². The van der Waals surface area contributed by atoms with Gasteiger partial charge in [-0.15, -0.1) is 0 Å². The number of carboxylic acid groups (broad SMARTS) is 1. The van der Waals surface area contributed by atoms with Crippen molar-refractivity contribution < 1.29 is 9.90 Å². The van der Waals surface area contributed by atoms with Crippen LogP contribution in [0.5, 0.6) is 0 Å². The van der Waals surface area contributed by atoms with E-state index in [9.17, 15) is 9.90 Å². The summed E-state index contributed by atoms with van der Waals surface area (Å²) in [4.78, 5) is 11.4. The molecule has 5 radical (unpaired) electrons. The molecule has 2 N–H and O–H groups in total. The first-order valence-corrected chi connectivity index (χ1v) is 9.39. The molecular formula is C19H20N3O2S. The molecule has 129 valence electrons. The van der Waals surface area contributed by atoms with Crippen molar-refractivity contribution in [3.05, 3.63) is 79.4 Å². The summed E-state index contributed by atoms with van der Waals surface area (Å²) in [6.45, 7) is 0.449. The lowest BCUT2D eigenvalue weighted by Crippen LogP contribution is -2.38. The highest BCUT2D eigenvalue weighted by molar-refractivity contribution is 7.98. The van der Waals surface area contributed by atoms with Crippen molar-refractivity contribution >= 4 is 17.7 Å². The molecule has 1 saturated carbocycles. The van der Waals surface area contributed by atoms with E-state index in [-0.39, 0.29) is 0 Å². The normalized spacial score (nSPS) is 16.2. The summed E-state index contributed by atoms with van der Waals surface area (Å²) in [5, 5.41) is 17.2. The lowest BCUT2D eigenvalue weighted by atomic mass is 10.0. The summed E-state index contributed by atoms with van der Waals surface area (Å²) in [5.41, 5.74) is 2.82. The first-order valence-electron chi connectivity index (χ1n) is 8.00.